The fourth-order valence-electron chi connectivity index (χ4n) is 1.86. The first-order valence-electron chi connectivity index (χ1n) is 6.98. The zero-order valence-electron chi connectivity index (χ0n) is 13.4. The van der Waals surface area contributed by atoms with Gasteiger partial charge in [0.15, 0.2) is 0 Å². The van der Waals surface area contributed by atoms with E-state index in [-0.39, 0.29) is 31.0 Å². The molecule has 0 spiro atoms. The van der Waals surface area contributed by atoms with Gasteiger partial charge in [0.05, 0.1) is 6.26 Å². The van der Waals surface area contributed by atoms with E-state index in [0.717, 1.165) is 11.8 Å². The van der Waals surface area contributed by atoms with Crippen LogP contribution in [0.25, 0.3) is 0 Å². The van der Waals surface area contributed by atoms with Crippen molar-refractivity contribution < 1.29 is 13.2 Å². The zero-order valence-corrected chi connectivity index (χ0v) is 15.0. The Labute approximate surface area is 137 Å². The molecule has 1 aromatic rings. The Balaban J connectivity index is 2.70. The van der Waals surface area contributed by atoms with Crippen molar-refractivity contribution in [2.75, 3.05) is 12.8 Å². The molecule has 0 unspecified atom stereocenters. The summed E-state index contributed by atoms with van der Waals surface area (Å²) < 4.78 is 25.0. The van der Waals surface area contributed by atoms with Gasteiger partial charge in [0.1, 0.15) is 0 Å². The van der Waals surface area contributed by atoms with E-state index in [1.165, 1.54) is 4.31 Å². The van der Waals surface area contributed by atoms with Crippen molar-refractivity contribution in [1.82, 2.24) is 9.62 Å². The van der Waals surface area contributed by atoms with E-state index in [0.29, 0.717) is 5.02 Å². The van der Waals surface area contributed by atoms with Gasteiger partial charge in [-0.2, -0.15) is 4.31 Å². The van der Waals surface area contributed by atoms with E-state index >= 15 is 0 Å². The smallest absolute Gasteiger partial charge is 0.221 e. The Bertz CT molecular complexity index is 607. The minimum atomic E-state index is -3.39. The molecule has 124 valence electrons. The molecule has 0 radical (unpaired) electrons. The summed E-state index contributed by atoms with van der Waals surface area (Å²) in [6.07, 6.45) is 1.27. The molecule has 0 aliphatic heterocycles. The molecule has 1 amide bonds. The number of nitrogens with one attached hydrogen (secondary N) is 1. The number of hydrogen-bond donors (Lipinski definition) is 1. The monoisotopic (exact) mass is 346 g/mol. The van der Waals surface area contributed by atoms with Gasteiger partial charge < -0.3 is 5.32 Å². The number of nitrogens with zero attached hydrogens (tertiary/aromatic N) is 1. The number of carbonyl (C=O) groups is 1. The van der Waals surface area contributed by atoms with Gasteiger partial charge in [-0.3, -0.25) is 4.79 Å². The molecule has 0 atom stereocenters. The first-order chi connectivity index (χ1) is 9.97. The Hall–Kier alpha value is -1.11. The number of benzene rings is 1. The van der Waals surface area contributed by atoms with Crippen LogP contribution in [0.15, 0.2) is 24.3 Å². The summed E-state index contributed by atoms with van der Waals surface area (Å²) >= 11 is 5.82. The first kappa shape index (κ1) is 18.9. The van der Waals surface area contributed by atoms with Gasteiger partial charge in [0, 0.05) is 30.1 Å². The minimum absolute atomic E-state index is 0.123. The Morgan fingerprint density at radius 2 is 1.77 bits per heavy atom. The Morgan fingerprint density at radius 1 is 1.23 bits per heavy atom. The topological polar surface area (TPSA) is 66.5 Å². The molecular weight excluding hydrogens is 324 g/mol. The molecule has 0 aromatic heterocycles. The van der Waals surface area contributed by atoms with E-state index in [2.05, 4.69) is 5.32 Å². The van der Waals surface area contributed by atoms with Gasteiger partial charge in [-0.25, -0.2) is 8.42 Å². The second kappa shape index (κ2) is 7.44. The second-order valence-corrected chi connectivity index (χ2v) is 8.69. The fourth-order valence-corrected chi connectivity index (χ4v) is 2.80. The lowest BCUT2D eigenvalue weighted by atomic mass is 10.1. The average molecular weight is 347 g/mol. The molecule has 0 aliphatic carbocycles. The maximum atomic E-state index is 11.9. The van der Waals surface area contributed by atoms with Crippen LogP contribution in [0.4, 0.5) is 0 Å². The second-order valence-electron chi connectivity index (χ2n) is 6.27. The van der Waals surface area contributed by atoms with Crippen LogP contribution < -0.4 is 5.32 Å². The summed E-state index contributed by atoms with van der Waals surface area (Å²) in [5.41, 5.74) is 0.495. The van der Waals surface area contributed by atoms with E-state index in [1.807, 2.05) is 20.8 Å². The molecule has 7 heteroatoms. The Kier molecular flexibility index (Phi) is 6.40. The maximum absolute atomic E-state index is 11.9. The number of halogens is 1. The highest BCUT2D eigenvalue weighted by Gasteiger charge is 2.20. The van der Waals surface area contributed by atoms with Crippen LogP contribution in [0.5, 0.6) is 0 Å². The van der Waals surface area contributed by atoms with E-state index in [9.17, 15) is 13.2 Å². The predicted octanol–water partition coefficient (Wildman–Crippen LogP) is 2.41. The summed E-state index contributed by atoms with van der Waals surface area (Å²) in [6, 6.07) is 6.97. The molecule has 22 heavy (non-hydrogen) atoms. The van der Waals surface area contributed by atoms with Crippen LogP contribution in [0.3, 0.4) is 0 Å². The summed E-state index contributed by atoms with van der Waals surface area (Å²) in [4.78, 5) is 11.8. The van der Waals surface area contributed by atoms with Crippen LogP contribution in [-0.4, -0.2) is 37.0 Å². The number of rotatable bonds is 6. The number of sulfonamides is 1. The highest BCUT2D eigenvalue weighted by Crippen LogP contribution is 2.13. The summed E-state index contributed by atoms with van der Waals surface area (Å²) in [6.45, 7) is 6.01. The van der Waals surface area contributed by atoms with Gasteiger partial charge in [0.25, 0.3) is 0 Å². The van der Waals surface area contributed by atoms with Gasteiger partial charge in [-0.05, 0) is 38.5 Å². The molecule has 0 saturated carbocycles. The van der Waals surface area contributed by atoms with Crippen molar-refractivity contribution >= 4 is 27.5 Å². The molecule has 0 fully saturated rings. The molecule has 0 bridgehead atoms. The van der Waals surface area contributed by atoms with Gasteiger partial charge in [-0.1, -0.05) is 23.7 Å². The molecule has 5 nitrogen and oxygen atoms in total. The van der Waals surface area contributed by atoms with Crippen molar-refractivity contribution in [1.29, 1.82) is 0 Å². The molecule has 0 aliphatic rings. The van der Waals surface area contributed by atoms with Crippen LogP contribution in [0, 0.1) is 0 Å². The van der Waals surface area contributed by atoms with Crippen molar-refractivity contribution in [2.24, 2.45) is 0 Å². The van der Waals surface area contributed by atoms with E-state index < -0.39 is 10.0 Å². The molecular formula is C15H23ClN2O3S. The van der Waals surface area contributed by atoms with Crippen LogP contribution in [-0.2, 0) is 21.4 Å². The SMILES string of the molecule is CC(C)(C)NC(=O)CCN(Cc1ccc(Cl)cc1)S(C)(=O)=O. The summed E-state index contributed by atoms with van der Waals surface area (Å²) in [5, 5.41) is 3.42. The van der Waals surface area contributed by atoms with E-state index in [4.69, 9.17) is 11.6 Å². The molecule has 1 aromatic carbocycles. The molecule has 0 heterocycles. The Morgan fingerprint density at radius 3 is 2.23 bits per heavy atom. The van der Waals surface area contributed by atoms with Gasteiger partial charge in [0.2, 0.25) is 15.9 Å². The quantitative estimate of drug-likeness (QED) is 0.860. The standard InChI is InChI=1S/C15H23ClN2O3S/c1-15(2,3)17-14(19)9-10-18(22(4,20)21)11-12-5-7-13(16)8-6-12/h5-8H,9-11H2,1-4H3,(H,17,19). The number of hydrogen-bond acceptors (Lipinski definition) is 3. The number of amides is 1. The zero-order chi connectivity index (χ0) is 17.0. The molecule has 1 rings (SSSR count). The van der Waals surface area contributed by atoms with Crippen LogP contribution in [0.2, 0.25) is 5.02 Å². The highest BCUT2D eigenvalue weighted by atomic mass is 35.5. The van der Waals surface area contributed by atoms with Crippen molar-refractivity contribution in [3.8, 4) is 0 Å². The van der Waals surface area contributed by atoms with Gasteiger partial charge in [-0.15, -0.1) is 0 Å². The van der Waals surface area contributed by atoms with Crippen molar-refractivity contribution in [3.63, 3.8) is 0 Å². The predicted molar refractivity (Wildman–Crippen MR) is 89.2 cm³/mol. The van der Waals surface area contributed by atoms with E-state index in [1.54, 1.807) is 24.3 Å². The summed E-state index contributed by atoms with van der Waals surface area (Å²) in [5.74, 6) is -0.169. The van der Waals surface area contributed by atoms with Crippen molar-refractivity contribution in [2.45, 2.75) is 39.3 Å². The largest absolute Gasteiger partial charge is 0.351 e. The van der Waals surface area contributed by atoms with Gasteiger partial charge >= 0.3 is 0 Å². The maximum Gasteiger partial charge on any atom is 0.221 e. The third-order valence-electron chi connectivity index (χ3n) is 2.84. The van der Waals surface area contributed by atoms with Crippen molar-refractivity contribution in [3.05, 3.63) is 34.9 Å². The fraction of sp³-hybridized carbons (Fsp3) is 0.533. The van der Waals surface area contributed by atoms with Crippen LogP contribution >= 0.6 is 11.6 Å². The lowest BCUT2D eigenvalue weighted by molar-refractivity contribution is -0.122. The van der Waals surface area contributed by atoms with Crippen LogP contribution in [0.1, 0.15) is 32.8 Å². The highest BCUT2D eigenvalue weighted by molar-refractivity contribution is 7.88. The normalized spacial score (nSPS) is 12.5. The average Bonchev–Trinajstić information content (AvgIpc) is 2.33. The number of carbonyl (C=O) groups excluding carboxylic acids is 1. The lowest BCUT2D eigenvalue weighted by Crippen LogP contribution is -2.42. The first-order valence-corrected chi connectivity index (χ1v) is 9.20. The lowest BCUT2D eigenvalue weighted by Gasteiger charge is -2.23. The summed E-state index contributed by atoms with van der Waals surface area (Å²) in [7, 11) is -3.39. The third kappa shape index (κ3) is 7.24. The minimum Gasteiger partial charge on any atom is -0.351 e. The third-order valence-corrected chi connectivity index (χ3v) is 4.35. The molecule has 1 N–H and O–H groups in total. The molecule has 0 saturated heterocycles.